The fourth-order valence-electron chi connectivity index (χ4n) is 3.23. The molecule has 0 atom stereocenters. The Labute approximate surface area is 174 Å². The molecule has 152 valence electrons. The second-order valence-corrected chi connectivity index (χ2v) is 6.85. The van der Waals surface area contributed by atoms with Crippen molar-refractivity contribution in [2.24, 2.45) is 4.99 Å². The summed E-state index contributed by atoms with van der Waals surface area (Å²) in [6.45, 7) is 4.64. The van der Waals surface area contributed by atoms with Crippen LogP contribution in [0.3, 0.4) is 0 Å². The van der Waals surface area contributed by atoms with Gasteiger partial charge in [-0.1, -0.05) is 24.8 Å². The molecule has 0 aliphatic heterocycles. The number of ether oxygens (including phenoxy) is 2. The molecule has 5 nitrogen and oxygen atoms in total. The Morgan fingerprint density at radius 1 is 1.07 bits per heavy atom. The van der Waals surface area contributed by atoms with Gasteiger partial charge in [0.15, 0.2) is 0 Å². The van der Waals surface area contributed by atoms with Crippen molar-refractivity contribution in [1.29, 1.82) is 0 Å². The number of fused-ring (bicyclic) bond motifs is 3. The summed E-state index contributed by atoms with van der Waals surface area (Å²) in [5, 5.41) is 1.62. The number of nitrogens with one attached hydrogen (secondary N) is 1. The third-order valence-electron chi connectivity index (χ3n) is 4.66. The first kappa shape index (κ1) is 19.5. The quantitative estimate of drug-likeness (QED) is 0.302. The molecule has 0 spiro atoms. The predicted octanol–water partition coefficient (Wildman–Crippen LogP) is 5.73. The van der Waals surface area contributed by atoms with Crippen LogP contribution in [0, 0.1) is 5.82 Å². The minimum atomic E-state index is -0.289. The predicted molar refractivity (Wildman–Crippen MR) is 119 cm³/mol. The maximum absolute atomic E-state index is 13.9. The number of halogens is 1. The summed E-state index contributed by atoms with van der Waals surface area (Å²) in [6, 6.07) is 17.9. The molecular weight excluding hydrogens is 381 g/mol. The molecule has 4 rings (SSSR count). The number of hydrogen-bond donors (Lipinski definition) is 1. The summed E-state index contributed by atoms with van der Waals surface area (Å²) in [7, 11) is 1.91. The molecule has 0 unspecified atom stereocenters. The fraction of sp³-hybridized carbons (Fsp3) is 0.125. The molecule has 3 aromatic carbocycles. The van der Waals surface area contributed by atoms with E-state index in [9.17, 15) is 4.39 Å². The number of aromatic amines is 1. The molecule has 0 aliphatic carbocycles. The zero-order chi connectivity index (χ0) is 20.9. The summed E-state index contributed by atoms with van der Waals surface area (Å²) < 4.78 is 26.0. The first-order chi connectivity index (χ1) is 14.6. The summed E-state index contributed by atoms with van der Waals surface area (Å²) in [4.78, 5) is 9.24. The van der Waals surface area contributed by atoms with Gasteiger partial charge in [-0.2, -0.15) is 0 Å². The Bertz CT molecular complexity index is 1200. The Kier molecular flexibility index (Phi) is 5.66. The van der Waals surface area contributed by atoms with E-state index in [1.807, 2.05) is 54.4 Å². The maximum atomic E-state index is 13.9. The van der Waals surface area contributed by atoms with Crippen molar-refractivity contribution in [3.63, 3.8) is 0 Å². The van der Waals surface area contributed by atoms with Gasteiger partial charge in [0, 0.05) is 35.6 Å². The van der Waals surface area contributed by atoms with E-state index in [1.54, 1.807) is 12.4 Å². The van der Waals surface area contributed by atoms with Crippen molar-refractivity contribution < 1.29 is 13.9 Å². The zero-order valence-corrected chi connectivity index (χ0v) is 16.6. The van der Waals surface area contributed by atoms with Crippen LogP contribution in [0.1, 0.15) is 0 Å². The van der Waals surface area contributed by atoms with Crippen LogP contribution in [-0.4, -0.2) is 36.4 Å². The van der Waals surface area contributed by atoms with Crippen LogP contribution in [0.4, 0.5) is 4.39 Å². The molecule has 1 heterocycles. The van der Waals surface area contributed by atoms with Gasteiger partial charge in [-0.3, -0.25) is 0 Å². The number of aromatic nitrogens is 1. The highest BCUT2D eigenvalue weighted by Gasteiger charge is 2.14. The Morgan fingerprint density at radius 2 is 1.90 bits per heavy atom. The molecule has 0 bridgehead atoms. The molecule has 4 aromatic rings. The molecule has 0 fully saturated rings. The monoisotopic (exact) mass is 403 g/mol. The van der Waals surface area contributed by atoms with Crippen molar-refractivity contribution in [3.05, 3.63) is 79.3 Å². The van der Waals surface area contributed by atoms with Crippen LogP contribution in [0.2, 0.25) is 0 Å². The van der Waals surface area contributed by atoms with Gasteiger partial charge < -0.3 is 19.4 Å². The van der Waals surface area contributed by atoms with Crippen LogP contribution in [0.5, 0.6) is 17.2 Å². The van der Waals surface area contributed by atoms with Crippen molar-refractivity contribution in [3.8, 4) is 17.2 Å². The van der Waals surface area contributed by atoms with E-state index in [2.05, 4.69) is 16.6 Å². The minimum Gasteiger partial charge on any atom is -0.489 e. The standard InChI is InChI=1S/C24H22FN3O2/c1-3-26-16-28(2)11-12-29-23-15-19(30-18-7-5-4-6-8-18)14-21-20-13-17(25)9-10-22(20)27-24(21)23/h3-10,13-16,27H,1,11-12H2,2H3/b26-16-. The third kappa shape index (κ3) is 4.27. The lowest BCUT2D eigenvalue weighted by atomic mass is 10.1. The van der Waals surface area contributed by atoms with Gasteiger partial charge in [-0.15, -0.1) is 0 Å². The second kappa shape index (κ2) is 8.69. The molecule has 1 aromatic heterocycles. The summed E-state index contributed by atoms with van der Waals surface area (Å²) in [6.07, 6.45) is 3.17. The van der Waals surface area contributed by atoms with Crippen molar-refractivity contribution in [2.45, 2.75) is 0 Å². The highest BCUT2D eigenvalue weighted by atomic mass is 19.1. The van der Waals surface area contributed by atoms with Crippen LogP contribution in [0.25, 0.3) is 21.8 Å². The van der Waals surface area contributed by atoms with Gasteiger partial charge in [-0.25, -0.2) is 9.38 Å². The van der Waals surface area contributed by atoms with Gasteiger partial charge >= 0.3 is 0 Å². The lowest BCUT2D eigenvalue weighted by Gasteiger charge is -2.15. The Balaban J connectivity index is 1.69. The van der Waals surface area contributed by atoms with E-state index in [-0.39, 0.29) is 5.82 Å². The average molecular weight is 403 g/mol. The normalized spacial score (nSPS) is 11.3. The first-order valence-corrected chi connectivity index (χ1v) is 9.59. The average Bonchev–Trinajstić information content (AvgIpc) is 3.11. The van der Waals surface area contributed by atoms with Gasteiger partial charge in [0.05, 0.1) is 18.4 Å². The van der Waals surface area contributed by atoms with E-state index < -0.39 is 0 Å². The molecular formula is C24H22FN3O2. The largest absolute Gasteiger partial charge is 0.489 e. The van der Waals surface area contributed by atoms with E-state index in [0.29, 0.717) is 30.4 Å². The van der Waals surface area contributed by atoms with Crippen molar-refractivity contribution in [1.82, 2.24) is 9.88 Å². The van der Waals surface area contributed by atoms with Gasteiger partial charge in [0.1, 0.15) is 29.7 Å². The molecule has 0 saturated carbocycles. The van der Waals surface area contributed by atoms with E-state index >= 15 is 0 Å². The van der Waals surface area contributed by atoms with Crippen molar-refractivity contribution in [2.75, 3.05) is 20.2 Å². The Morgan fingerprint density at radius 3 is 2.70 bits per heavy atom. The number of H-pyrrole nitrogens is 1. The number of likely N-dealkylation sites (N-methyl/N-ethyl adjacent to an activating group) is 1. The zero-order valence-electron chi connectivity index (χ0n) is 16.6. The topological polar surface area (TPSA) is 49.9 Å². The highest BCUT2D eigenvalue weighted by molar-refractivity contribution is 6.09. The molecule has 6 heteroatoms. The third-order valence-corrected chi connectivity index (χ3v) is 4.66. The number of nitrogens with zero attached hydrogens (tertiary/aromatic N) is 2. The number of benzene rings is 3. The minimum absolute atomic E-state index is 0.289. The molecule has 0 radical (unpaired) electrons. The van der Waals surface area contributed by atoms with Crippen LogP contribution < -0.4 is 9.47 Å². The summed E-state index contributed by atoms with van der Waals surface area (Å²) in [5.41, 5.74) is 1.64. The molecule has 0 saturated heterocycles. The SMILES string of the molecule is C=C/N=C\N(C)CCOc1cc(Oc2ccccc2)cc2c1[nH]c1ccc(F)cc12. The molecule has 0 amide bonds. The fourth-order valence-corrected chi connectivity index (χ4v) is 3.23. The molecule has 30 heavy (non-hydrogen) atoms. The Hall–Kier alpha value is -3.80. The molecule has 0 aliphatic rings. The number of hydrogen-bond acceptors (Lipinski definition) is 3. The highest BCUT2D eigenvalue weighted by Crippen LogP contribution is 2.37. The van der Waals surface area contributed by atoms with Crippen LogP contribution >= 0.6 is 0 Å². The van der Waals surface area contributed by atoms with Crippen LogP contribution in [-0.2, 0) is 0 Å². The van der Waals surface area contributed by atoms with Gasteiger partial charge in [-0.05, 0) is 36.4 Å². The summed E-state index contributed by atoms with van der Waals surface area (Å²) in [5.74, 6) is 1.69. The lowest BCUT2D eigenvalue weighted by molar-refractivity contribution is 0.288. The van der Waals surface area contributed by atoms with E-state index in [4.69, 9.17) is 9.47 Å². The lowest BCUT2D eigenvalue weighted by Crippen LogP contribution is -2.22. The first-order valence-electron chi connectivity index (χ1n) is 9.59. The van der Waals surface area contributed by atoms with Crippen LogP contribution in [0.15, 0.2) is 78.4 Å². The number of rotatable bonds is 8. The van der Waals surface area contributed by atoms with E-state index in [0.717, 1.165) is 21.8 Å². The van der Waals surface area contributed by atoms with Crippen molar-refractivity contribution >= 4 is 28.1 Å². The van der Waals surface area contributed by atoms with Gasteiger partial charge in [0.25, 0.3) is 0 Å². The van der Waals surface area contributed by atoms with Gasteiger partial charge in [0.2, 0.25) is 0 Å². The second-order valence-electron chi connectivity index (χ2n) is 6.85. The number of para-hydroxylation sites is 1. The molecule has 1 N–H and O–H groups in total. The number of aliphatic imine (C=N–C) groups is 1. The maximum Gasteiger partial charge on any atom is 0.147 e. The smallest absolute Gasteiger partial charge is 0.147 e. The van der Waals surface area contributed by atoms with E-state index in [1.165, 1.54) is 18.3 Å². The summed E-state index contributed by atoms with van der Waals surface area (Å²) >= 11 is 0.